The zero-order valence-electron chi connectivity index (χ0n) is 5.14. The molecule has 4 heteroatoms. The van der Waals surface area contributed by atoms with Crippen molar-refractivity contribution in [1.82, 2.24) is 0 Å². The van der Waals surface area contributed by atoms with Gasteiger partial charge in [0, 0.05) is 0 Å². The van der Waals surface area contributed by atoms with Crippen molar-refractivity contribution in [2.24, 2.45) is 0 Å². The minimum atomic E-state index is -1.25. The van der Waals surface area contributed by atoms with E-state index in [0.29, 0.717) is 0 Å². The van der Waals surface area contributed by atoms with Gasteiger partial charge in [-0.05, 0) is 6.92 Å². The fourth-order valence-electron chi connectivity index (χ4n) is 0.237. The molecule has 1 N–H and O–H groups in total. The van der Waals surface area contributed by atoms with Crippen LogP contribution in [0.2, 0.25) is 0 Å². The molecular formula is C5H7FO3. The normalized spacial score (nSPS) is 12.3. The molecule has 0 spiro atoms. The Bertz CT molecular complexity index is 146. The number of allylic oxidation sites excluding steroid dienone is 1. The summed E-state index contributed by atoms with van der Waals surface area (Å²) in [5, 5.41) is 8.33. The average molecular weight is 134 g/mol. The third-order valence-corrected chi connectivity index (χ3v) is 0.682. The zero-order chi connectivity index (χ0) is 7.44. The fraction of sp³-hybridized carbons (Fsp3) is 0.400. The van der Waals surface area contributed by atoms with Crippen molar-refractivity contribution in [3.05, 3.63) is 11.6 Å². The first-order chi connectivity index (χ1) is 4.09. The van der Waals surface area contributed by atoms with Crippen molar-refractivity contribution >= 4 is 5.97 Å². The number of halogens is 1. The van der Waals surface area contributed by atoms with Crippen LogP contribution in [0.3, 0.4) is 0 Å². The van der Waals surface area contributed by atoms with E-state index in [1.54, 1.807) is 0 Å². The van der Waals surface area contributed by atoms with E-state index in [0.717, 1.165) is 14.0 Å². The van der Waals surface area contributed by atoms with Gasteiger partial charge in [-0.25, -0.2) is 4.79 Å². The van der Waals surface area contributed by atoms with Gasteiger partial charge >= 0.3 is 5.97 Å². The SMILES string of the molecule is COC(=O)/C(F)=C(/C)O. The second-order valence-electron chi connectivity index (χ2n) is 1.39. The highest BCUT2D eigenvalue weighted by Crippen LogP contribution is 2.02. The van der Waals surface area contributed by atoms with E-state index in [2.05, 4.69) is 4.74 Å². The lowest BCUT2D eigenvalue weighted by Gasteiger charge is -1.93. The molecule has 0 fully saturated rings. The molecule has 0 saturated heterocycles. The monoisotopic (exact) mass is 134 g/mol. The number of methoxy groups -OCH3 is 1. The van der Waals surface area contributed by atoms with Gasteiger partial charge in [0.05, 0.1) is 7.11 Å². The van der Waals surface area contributed by atoms with Crippen molar-refractivity contribution in [2.75, 3.05) is 7.11 Å². The maximum Gasteiger partial charge on any atom is 0.370 e. The molecule has 0 aliphatic heterocycles. The molecule has 0 aromatic rings. The molecule has 0 aliphatic rings. The Hall–Kier alpha value is -1.06. The summed E-state index contributed by atoms with van der Waals surface area (Å²) in [4.78, 5) is 10.1. The molecular weight excluding hydrogens is 127 g/mol. The predicted molar refractivity (Wildman–Crippen MR) is 28.5 cm³/mol. The molecule has 0 aromatic carbocycles. The van der Waals surface area contributed by atoms with Gasteiger partial charge in [0.2, 0.25) is 5.83 Å². The Morgan fingerprint density at radius 3 is 2.22 bits per heavy atom. The van der Waals surface area contributed by atoms with Crippen LogP contribution in [0.25, 0.3) is 0 Å². The second-order valence-corrected chi connectivity index (χ2v) is 1.39. The minimum Gasteiger partial charge on any atom is -0.509 e. The predicted octanol–water partition coefficient (Wildman–Crippen LogP) is 0.918. The van der Waals surface area contributed by atoms with Crippen LogP contribution in [0, 0.1) is 0 Å². The molecule has 0 amide bonds. The largest absolute Gasteiger partial charge is 0.509 e. The number of hydrogen-bond donors (Lipinski definition) is 1. The first-order valence-corrected chi connectivity index (χ1v) is 2.23. The number of hydrogen-bond acceptors (Lipinski definition) is 3. The fourth-order valence-corrected chi connectivity index (χ4v) is 0.237. The molecule has 9 heavy (non-hydrogen) atoms. The average Bonchev–Trinajstić information content (AvgIpc) is 1.84. The second kappa shape index (κ2) is 3.06. The molecule has 0 atom stereocenters. The standard InChI is InChI=1S/C5H7FO3/c1-3(7)4(6)5(8)9-2/h7H,1-2H3/b4-3+. The Morgan fingerprint density at radius 1 is 1.67 bits per heavy atom. The van der Waals surface area contributed by atoms with E-state index in [1.807, 2.05) is 0 Å². The summed E-state index contributed by atoms with van der Waals surface area (Å²) in [5.74, 6) is -3.07. The van der Waals surface area contributed by atoms with Gasteiger partial charge < -0.3 is 9.84 Å². The van der Waals surface area contributed by atoms with E-state index in [9.17, 15) is 9.18 Å². The smallest absolute Gasteiger partial charge is 0.370 e. The van der Waals surface area contributed by atoms with Crippen molar-refractivity contribution < 1.29 is 19.0 Å². The lowest BCUT2D eigenvalue weighted by molar-refractivity contribution is -0.138. The van der Waals surface area contributed by atoms with Crippen molar-refractivity contribution in [3.8, 4) is 0 Å². The van der Waals surface area contributed by atoms with Crippen LogP contribution in [-0.4, -0.2) is 18.2 Å². The summed E-state index contributed by atoms with van der Waals surface area (Å²) >= 11 is 0. The lowest BCUT2D eigenvalue weighted by atomic mass is 10.4. The number of rotatable bonds is 1. The van der Waals surface area contributed by atoms with Crippen LogP contribution in [0.4, 0.5) is 4.39 Å². The Labute approximate surface area is 51.7 Å². The Balaban J connectivity index is 4.21. The van der Waals surface area contributed by atoms with E-state index in [-0.39, 0.29) is 0 Å². The van der Waals surface area contributed by atoms with Crippen LogP contribution in [0.1, 0.15) is 6.92 Å². The highest BCUT2D eigenvalue weighted by Gasteiger charge is 2.10. The first kappa shape index (κ1) is 7.94. The van der Waals surface area contributed by atoms with Crippen LogP contribution in [-0.2, 0) is 9.53 Å². The van der Waals surface area contributed by atoms with Crippen molar-refractivity contribution in [1.29, 1.82) is 0 Å². The highest BCUT2D eigenvalue weighted by molar-refractivity contribution is 5.86. The third kappa shape index (κ3) is 2.12. The number of aliphatic hydroxyl groups excluding tert-OH is 1. The zero-order valence-corrected chi connectivity index (χ0v) is 5.14. The Morgan fingerprint density at radius 2 is 2.11 bits per heavy atom. The number of carbonyl (C=O) groups is 1. The Kier molecular flexibility index (Phi) is 2.70. The molecule has 0 rings (SSSR count). The van der Waals surface area contributed by atoms with E-state index in [4.69, 9.17) is 5.11 Å². The van der Waals surface area contributed by atoms with Crippen molar-refractivity contribution in [2.45, 2.75) is 6.92 Å². The van der Waals surface area contributed by atoms with Gasteiger partial charge in [-0.2, -0.15) is 4.39 Å². The van der Waals surface area contributed by atoms with Gasteiger partial charge in [0.15, 0.2) is 0 Å². The lowest BCUT2D eigenvalue weighted by Crippen LogP contribution is -2.02. The molecule has 0 aromatic heterocycles. The van der Waals surface area contributed by atoms with Gasteiger partial charge in [0.25, 0.3) is 0 Å². The molecule has 0 radical (unpaired) electrons. The number of esters is 1. The van der Waals surface area contributed by atoms with E-state index in [1.165, 1.54) is 0 Å². The van der Waals surface area contributed by atoms with Crippen molar-refractivity contribution in [3.63, 3.8) is 0 Å². The van der Waals surface area contributed by atoms with E-state index < -0.39 is 17.6 Å². The molecule has 52 valence electrons. The highest BCUT2D eigenvalue weighted by atomic mass is 19.1. The summed E-state index contributed by atoms with van der Waals surface area (Å²) in [5.41, 5.74) is 0. The molecule has 0 heterocycles. The number of aliphatic hydroxyl groups is 1. The number of carbonyl (C=O) groups excluding carboxylic acids is 1. The minimum absolute atomic E-state index is 0.665. The number of ether oxygens (including phenoxy) is 1. The molecule has 0 saturated carbocycles. The summed E-state index contributed by atoms with van der Waals surface area (Å²) in [7, 11) is 1.03. The van der Waals surface area contributed by atoms with Crippen LogP contribution in [0.15, 0.2) is 11.6 Å². The summed E-state index contributed by atoms with van der Waals surface area (Å²) in [6.45, 7) is 1.06. The maximum absolute atomic E-state index is 12.1. The molecule has 0 aliphatic carbocycles. The topological polar surface area (TPSA) is 46.5 Å². The van der Waals surface area contributed by atoms with Gasteiger partial charge in [-0.1, -0.05) is 0 Å². The third-order valence-electron chi connectivity index (χ3n) is 0.682. The quantitative estimate of drug-likeness (QED) is 0.329. The molecule has 3 nitrogen and oxygen atoms in total. The van der Waals surface area contributed by atoms with Gasteiger partial charge in [0.1, 0.15) is 5.76 Å². The summed E-state index contributed by atoms with van der Waals surface area (Å²) < 4.78 is 16.0. The van der Waals surface area contributed by atoms with Crippen LogP contribution < -0.4 is 0 Å². The summed E-state index contributed by atoms with van der Waals surface area (Å²) in [6, 6.07) is 0. The maximum atomic E-state index is 12.1. The molecule has 0 unspecified atom stereocenters. The van der Waals surface area contributed by atoms with Gasteiger partial charge in [-0.15, -0.1) is 0 Å². The van der Waals surface area contributed by atoms with E-state index >= 15 is 0 Å². The van der Waals surface area contributed by atoms with Crippen LogP contribution in [0.5, 0.6) is 0 Å². The first-order valence-electron chi connectivity index (χ1n) is 2.23. The molecule has 0 bridgehead atoms. The van der Waals surface area contributed by atoms with Gasteiger partial charge in [-0.3, -0.25) is 0 Å². The summed E-state index contributed by atoms with van der Waals surface area (Å²) in [6.07, 6.45) is 0. The van der Waals surface area contributed by atoms with Crippen LogP contribution >= 0.6 is 0 Å².